The number of hydrogen-bond acceptors (Lipinski definition) is 8. The number of aliphatic hydroxyl groups is 1. The van der Waals surface area contributed by atoms with Crippen LogP contribution in [-0.2, 0) is 14.2 Å². The first-order valence-electron chi connectivity index (χ1n) is 8.02. The number of ether oxygens (including phenoxy) is 3. The van der Waals surface area contributed by atoms with Gasteiger partial charge in [-0.1, -0.05) is 0 Å². The molecule has 3 aliphatic rings. The summed E-state index contributed by atoms with van der Waals surface area (Å²) in [6.45, 7) is 3.84. The van der Waals surface area contributed by atoms with Crippen LogP contribution in [-0.4, -0.2) is 54.8 Å². The molecule has 0 bridgehead atoms. The SMILES string of the molecule is CC1(C)OC2C(n3cnc4c(N)ncnc43)O[C@]3(C[C@@H]3CO)[C@@H]2O1. The summed E-state index contributed by atoms with van der Waals surface area (Å²) in [6, 6.07) is 0. The minimum Gasteiger partial charge on any atom is -0.396 e. The Balaban J connectivity index is 1.59. The summed E-state index contributed by atoms with van der Waals surface area (Å²) in [5.74, 6) is -0.314. The van der Waals surface area contributed by atoms with Crippen LogP contribution in [0.5, 0.6) is 0 Å². The van der Waals surface area contributed by atoms with Crippen molar-refractivity contribution in [2.45, 2.75) is 50.1 Å². The third kappa shape index (κ3) is 1.75. The number of aliphatic hydroxyl groups excluding tert-OH is 1. The molecular formula is C15H19N5O4. The van der Waals surface area contributed by atoms with E-state index in [9.17, 15) is 5.11 Å². The third-order valence-corrected chi connectivity index (χ3v) is 5.21. The van der Waals surface area contributed by atoms with E-state index >= 15 is 0 Å². The molecule has 2 aromatic rings. The van der Waals surface area contributed by atoms with Gasteiger partial charge in [0, 0.05) is 12.5 Å². The predicted molar refractivity (Wildman–Crippen MR) is 81.6 cm³/mol. The average molecular weight is 333 g/mol. The second kappa shape index (κ2) is 4.42. The van der Waals surface area contributed by atoms with Crippen LogP contribution in [0.1, 0.15) is 26.5 Å². The minimum absolute atomic E-state index is 0.0574. The zero-order chi connectivity index (χ0) is 16.7. The van der Waals surface area contributed by atoms with Crippen molar-refractivity contribution in [2.75, 3.05) is 12.3 Å². The molecule has 3 N–H and O–H groups in total. The molecule has 5 rings (SSSR count). The summed E-state index contributed by atoms with van der Waals surface area (Å²) in [6.07, 6.45) is 2.83. The van der Waals surface area contributed by atoms with Crippen molar-refractivity contribution in [1.82, 2.24) is 19.5 Å². The molecule has 2 saturated heterocycles. The van der Waals surface area contributed by atoms with Crippen LogP contribution >= 0.6 is 0 Å². The first-order chi connectivity index (χ1) is 11.5. The molecule has 2 aliphatic heterocycles. The quantitative estimate of drug-likeness (QED) is 0.801. The molecule has 9 nitrogen and oxygen atoms in total. The molecule has 9 heteroatoms. The van der Waals surface area contributed by atoms with Gasteiger partial charge in [-0.2, -0.15) is 0 Å². The second-order valence-electron chi connectivity index (χ2n) is 7.15. The Hall–Kier alpha value is -1.81. The first kappa shape index (κ1) is 14.5. The van der Waals surface area contributed by atoms with E-state index in [2.05, 4.69) is 15.0 Å². The van der Waals surface area contributed by atoms with Gasteiger partial charge in [0.2, 0.25) is 0 Å². The highest BCUT2D eigenvalue weighted by molar-refractivity contribution is 5.81. The summed E-state index contributed by atoms with van der Waals surface area (Å²) in [7, 11) is 0. The van der Waals surface area contributed by atoms with Crippen molar-refractivity contribution in [2.24, 2.45) is 5.92 Å². The Labute approximate surface area is 137 Å². The van der Waals surface area contributed by atoms with E-state index < -0.39 is 17.6 Å². The van der Waals surface area contributed by atoms with Crippen LogP contribution in [0.2, 0.25) is 0 Å². The summed E-state index contributed by atoms with van der Waals surface area (Å²) in [4.78, 5) is 12.6. The van der Waals surface area contributed by atoms with Crippen molar-refractivity contribution in [1.29, 1.82) is 0 Å². The van der Waals surface area contributed by atoms with Gasteiger partial charge in [0.15, 0.2) is 23.5 Å². The number of imidazole rings is 1. The summed E-state index contributed by atoms with van der Waals surface area (Å²) >= 11 is 0. The molecule has 128 valence electrons. The lowest BCUT2D eigenvalue weighted by molar-refractivity contribution is -0.204. The topological polar surface area (TPSA) is 118 Å². The number of hydrogen-bond donors (Lipinski definition) is 2. The Morgan fingerprint density at radius 3 is 2.88 bits per heavy atom. The van der Waals surface area contributed by atoms with Crippen LogP contribution in [0.15, 0.2) is 12.7 Å². The number of nitrogen functional groups attached to an aromatic ring is 1. The number of fused-ring (bicyclic) bond motifs is 3. The fourth-order valence-corrected chi connectivity index (χ4v) is 4.04. The second-order valence-corrected chi connectivity index (χ2v) is 7.15. The van der Waals surface area contributed by atoms with Gasteiger partial charge in [0.05, 0.1) is 6.33 Å². The predicted octanol–water partition coefficient (Wildman–Crippen LogP) is 0.208. The Morgan fingerprint density at radius 2 is 2.12 bits per heavy atom. The maximum absolute atomic E-state index is 9.57. The number of anilines is 1. The lowest BCUT2D eigenvalue weighted by Crippen LogP contribution is -2.33. The Kier molecular flexibility index (Phi) is 2.68. The van der Waals surface area contributed by atoms with E-state index in [1.165, 1.54) is 6.33 Å². The molecule has 4 heterocycles. The van der Waals surface area contributed by atoms with Gasteiger partial charge in [0.25, 0.3) is 0 Å². The van der Waals surface area contributed by atoms with Gasteiger partial charge in [-0.05, 0) is 20.3 Å². The Morgan fingerprint density at radius 1 is 1.29 bits per heavy atom. The number of rotatable bonds is 2. The lowest BCUT2D eigenvalue weighted by atomic mass is 10.1. The standard InChI is InChI=1S/C15H19N5O4/c1-14(2)22-9-10(23-14)15(3-7(15)4-21)24-13(9)20-6-19-8-11(16)17-5-18-12(8)20/h5-7,9-10,13,21H,3-4H2,1-2H3,(H2,16,17,18)/t7-,9?,10-,13?,15+/m1/s1. The van der Waals surface area contributed by atoms with Crippen molar-refractivity contribution < 1.29 is 19.3 Å². The third-order valence-electron chi connectivity index (χ3n) is 5.21. The fourth-order valence-electron chi connectivity index (χ4n) is 4.04. The van der Waals surface area contributed by atoms with Gasteiger partial charge in [-0.3, -0.25) is 4.57 Å². The van der Waals surface area contributed by atoms with Crippen LogP contribution in [0.25, 0.3) is 11.2 Å². The average Bonchev–Trinajstić information content (AvgIpc) is 2.78. The summed E-state index contributed by atoms with van der Waals surface area (Å²) < 4.78 is 20.3. The molecule has 2 aromatic heterocycles. The van der Waals surface area contributed by atoms with Crippen LogP contribution in [0.4, 0.5) is 5.82 Å². The Bertz CT molecular complexity index is 823. The van der Waals surface area contributed by atoms with Crippen molar-refractivity contribution in [3.8, 4) is 0 Å². The first-order valence-corrected chi connectivity index (χ1v) is 8.02. The van der Waals surface area contributed by atoms with Gasteiger partial charge in [-0.15, -0.1) is 0 Å². The highest BCUT2D eigenvalue weighted by Crippen LogP contribution is 2.62. The number of nitrogens with two attached hydrogens (primary N) is 1. The largest absolute Gasteiger partial charge is 0.396 e. The highest BCUT2D eigenvalue weighted by Gasteiger charge is 2.73. The summed E-state index contributed by atoms with van der Waals surface area (Å²) in [5.41, 5.74) is 6.49. The molecule has 24 heavy (non-hydrogen) atoms. The molecule has 1 spiro atoms. The van der Waals surface area contributed by atoms with E-state index in [0.717, 1.165) is 6.42 Å². The molecule has 1 aliphatic carbocycles. The zero-order valence-electron chi connectivity index (χ0n) is 13.4. The van der Waals surface area contributed by atoms with Crippen molar-refractivity contribution >= 4 is 17.0 Å². The molecule has 1 saturated carbocycles. The van der Waals surface area contributed by atoms with Crippen molar-refractivity contribution in [3.63, 3.8) is 0 Å². The van der Waals surface area contributed by atoms with Crippen LogP contribution in [0.3, 0.4) is 0 Å². The monoisotopic (exact) mass is 333 g/mol. The summed E-state index contributed by atoms with van der Waals surface area (Å²) in [5, 5.41) is 9.57. The normalized spacial score (nSPS) is 39.6. The molecule has 0 aromatic carbocycles. The minimum atomic E-state index is -0.697. The van der Waals surface area contributed by atoms with E-state index in [1.54, 1.807) is 6.33 Å². The lowest BCUT2D eigenvalue weighted by Gasteiger charge is -2.25. The van der Waals surface area contributed by atoms with Crippen LogP contribution in [0, 0.1) is 5.92 Å². The van der Waals surface area contributed by atoms with E-state index in [4.69, 9.17) is 19.9 Å². The van der Waals surface area contributed by atoms with Gasteiger partial charge >= 0.3 is 0 Å². The van der Waals surface area contributed by atoms with Crippen molar-refractivity contribution in [3.05, 3.63) is 12.7 Å². The fraction of sp³-hybridized carbons (Fsp3) is 0.667. The van der Waals surface area contributed by atoms with Gasteiger partial charge < -0.3 is 25.1 Å². The molecule has 3 fully saturated rings. The molecule has 5 atom stereocenters. The zero-order valence-corrected chi connectivity index (χ0v) is 13.4. The van der Waals surface area contributed by atoms with E-state index in [-0.39, 0.29) is 24.7 Å². The van der Waals surface area contributed by atoms with E-state index in [0.29, 0.717) is 17.0 Å². The van der Waals surface area contributed by atoms with E-state index in [1.807, 2.05) is 18.4 Å². The maximum atomic E-state index is 9.57. The number of aromatic nitrogens is 4. The molecular weight excluding hydrogens is 314 g/mol. The van der Waals surface area contributed by atoms with Gasteiger partial charge in [-0.25, -0.2) is 15.0 Å². The molecule has 0 radical (unpaired) electrons. The molecule has 0 amide bonds. The maximum Gasteiger partial charge on any atom is 0.167 e. The van der Waals surface area contributed by atoms with Crippen LogP contribution < -0.4 is 5.73 Å². The smallest absolute Gasteiger partial charge is 0.167 e. The molecule has 2 unspecified atom stereocenters. The van der Waals surface area contributed by atoms with Gasteiger partial charge in [0.1, 0.15) is 29.7 Å². The highest BCUT2D eigenvalue weighted by atomic mass is 16.8. The number of nitrogens with zero attached hydrogens (tertiary/aromatic N) is 4.